The molecule has 0 radical (unpaired) electrons. The fourth-order valence-electron chi connectivity index (χ4n) is 1.01. The molecular weight excluding hydrogens is 229 g/mol. The van der Waals surface area contributed by atoms with Gasteiger partial charge in [0.2, 0.25) is 6.54 Å². The molecule has 0 aliphatic heterocycles. The maximum absolute atomic E-state index is 10.1. The predicted molar refractivity (Wildman–Crippen MR) is 53.3 cm³/mol. The van der Waals surface area contributed by atoms with Gasteiger partial charge in [-0.1, -0.05) is 29.3 Å². The Balaban J connectivity index is 2.90. The predicted octanol–water partition coefficient (Wildman–Crippen LogP) is 2.30. The first-order chi connectivity index (χ1) is 6.50. The van der Waals surface area contributed by atoms with Gasteiger partial charge in [-0.25, -0.2) is 0 Å². The largest absolute Gasteiger partial charge is 0.381 e. The minimum absolute atomic E-state index is 0.229. The number of nitrogens with zero attached hydrogens (tertiary/aromatic N) is 1. The third kappa shape index (κ3) is 2.83. The van der Waals surface area contributed by atoms with Crippen molar-refractivity contribution in [1.29, 1.82) is 0 Å². The molecule has 4 nitrogen and oxygen atoms in total. The highest BCUT2D eigenvalue weighted by atomic mass is 35.5. The molecule has 0 spiro atoms. The molecule has 1 atom stereocenters. The quantitative estimate of drug-likeness (QED) is 0.646. The van der Waals surface area contributed by atoms with Crippen molar-refractivity contribution in [3.8, 4) is 0 Å². The Morgan fingerprint density at radius 3 is 2.64 bits per heavy atom. The fraction of sp³-hybridized carbons (Fsp3) is 0.250. The van der Waals surface area contributed by atoms with Gasteiger partial charge in [0.25, 0.3) is 0 Å². The second-order valence-electron chi connectivity index (χ2n) is 2.70. The van der Waals surface area contributed by atoms with Crippen LogP contribution < -0.4 is 0 Å². The molecule has 1 aromatic rings. The molecule has 0 unspecified atom stereocenters. The number of aliphatic hydroxyl groups excluding tert-OH is 1. The Bertz CT molecular complexity index is 356. The van der Waals surface area contributed by atoms with Crippen molar-refractivity contribution in [3.63, 3.8) is 0 Å². The SMILES string of the molecule is O=[N+]([O-])C[C@@H](O)c1ccc(Cl)cc1Cl. The molecule has 0 bridgehead atoms. The Morgan fingerprint density at radius 1 is 1.50 bits per heavy atom. The lowest BCUT2D eigenvalue weighted by Gasteiger charge is -2.08. The lowest BCUT2D eigenvalue weighted by atomic mass is 10.1. The monoisotopic (exact) mass is 235 g/mol. The van der Waals surface area contributed by atoms with Crippen LogP contribution in [-0.4, -0.2) is 16.6 Å². The Morgan fingerprint density at radius 2 is 2.14 bits per heavy atom. The van der Waals surface area contributed by atoms with Crippen LogP contribution in [0.5, 0.6) is 0 Å². The summed E-state index contributed by atoms with van der Waals surface area (Å²) in [7, 11) is 0. The van der Waals surface area contributed by atoms with Crippen molar-refractivity contribution in [1.82, 2.24) is 0 Å². The van der Waals surface area contributed by atoms with Crippen LogP contribution in [0.1, 0.15) is 11.7 Å². The Kier molecular flexibility index (Phi) is 3.69. The number of halogens is 2. The summed E-state index contributed by atoms with van der Waals surface area (Å²) >= 11 is 11.4. The van der Waals surface area contributed by atoms with Gasteiger partial charge in [-0.3, -0.25) is 10.1 Å². The van der Waals surface area contributed by atoms with Crippen molar-refractivity contribution in [2.45, 2.75) is 6.10 Å². The van der Waals surface area contributed by atoms with Gasteiger partial charge < -0.3 is 5.11 Å². The molecule has 1 aromatic carbocycles. The summed E-state index contributed by atoms with van der Waals surface area (Å²) in [5.41, 5.74) is 0.313. The lowest BCUT2D eigenvalue weighted by molar-refractivity contribution is -0.491. The van der Waals surface area contributed by atoms with Gasteiger partial charge in [-0.05, 0) is 12.1 Å². The van der Waals surface area contributed by atoms with Gasteiger partial charge in [-0.2, -0.15) is 0 Å². The van der Waals surface area contributed by atoms with Gasteiger partial charge in [-0.15, -0.1) is 0 Å². The molecule has 0 saturated carbocycles. The average Bonchev–Trinajstić information content (AvgIpc) is 2.01. The maximum Gasteiger partial charge on any atom is 0.233 e. The molecule has 0 aliphatic rings. The van der Waals surface area contributed by atoms with Crippen LogP contribution in [0.15, 0.2) is 18.2 Å². The van der Waals surface area contributed by atoms with E-state index < -0.39 is 17.6 Å². The van der Waals surface area contributed by atoms with E-state index >= 15 is 0 Å². The highest BCUT2D eigenvalue weighted by Gasteiger charge is 2.16. The summed E-state index contributed by atoms with van der Waals surface area (Å²) in [5.74, 6) is 0. The molecule has 14 heavy (non-hydrogen) atoms. The van der Waals surface area contributed by atoms with Crippen LogP contribution in [0.2, 0.25) is 10.0 Å². The first kappa shape index (κ1) is 11.2. The standard InChI is InChI=1S/C8H7Cl2NO3/c9-5-1-2-6(7(10)3-5)8(12)4-11(13)14/h1-3,8,12H,4H2/t8-/m1/s1. The Hall–Kier alpha value is -0.840. The molecule has 0 heterocycles. The van der Waals surface area contributed by atoms with Gasteiger partial charge in [0.05, 0.1) is 0 Å². The van der Waals surface area contributed by atoms with E-state index in [9.17, 15) is 15.2 Å². The first-order valence-corrected chi connectivity index (χ1v) is 4.51. The van der Waals surface area contributed by atoms with Crippen molar-refractivity contribution in [2.24, 2.45) is 0 Å². The summed E-state index contributed by atoms with van der Waals surface area (Å²) in [6.45, 7) is -0.568. The molecular formula is C8H7Cl2NO3. The highest BCUT2D eigenvalue weighted by Crippen LogP contribution is 2.26. The zero-order valence-electron chi connectivity index (χ0n) is 6.98. The fourth-order valence-corrected chi connectivity index (χ4v) is 1.55. The summed E-state index contributed by atoms with van der Waals surface area (Å²) in [6.07, 6.45) is -1.20. The number of hydrogen-bond acceptors (Lipinski definition) is 3. The molecule has 0 fully saturated rings. The van der Waals surface area contributed by atoms with E-state index in [1.165, 1.54) is 18.2 Å². The molecule has 1 rings (SSSR count). The number of aliphatic hydroxyl groups is 1. The maximum atomic E-state index is 10.1. The molecule has 0 aliphatic carbocycles. The average molecular weight is 236 g/mol. The topological polar surface area (TPSA) is 63.4 Å². The second kappa shape index (κ2) is 4.59. The summed E-state index contributed by atoms with van der Waals surface area (Å²) in [4.78, 5) is 9.54. The molecule has 6 heteroatoms. The molecule has 76 valence electrons. The van der Waals surface area contributed by atoms with Crippen molar-refractivity contribution in [2.75, 3.05) is 6.54 Å². The lowest BCUT2D eigenvalue weighted by Crippen LogP contribution is -2.12. The Labute approximate surface area is 90.2 Å². The summed E-state index contributed by atoms with van der Waals surface area (Å²) in [6, 6.07) is 4.42. The van der Waals surface area contributed by atoms with E-state index in [1.807, 2.05) is 0 Å². The number of rotatable bonds is 3. The van der Waals surface area contributed by atoms with Crippen LogP contribution in [0.4, 0.5) is 0 Å². The van der Waals surface area contributed by atoms with Crippen molar-refractivity contribution >= 4 is 23.2 Å². The number of hydrogen-bond donors (Lipinski definition) is 1. The van der Waals surface area contributed by atoms with Gasteiger partial charge in [0.1, 0.15) is 6.10 Å². The molecule has 0 saturated heterocycles. The van der Waals surface area contributed by atoms with Gasteiger partial charge in [0.15, 0.2) is 0 Å². The third-order valence-electron chi connectivity index (χ3n) is 1.64. The van der Waals surface area contributed by atoms with E-state index in [1.54, 1.807) is 0 Å². The van der Waals surface area contributed by atoms with Crippen LogP contribution in [0, 0.1) is 10.1 Å². The number of nitro groups is 1. The van der Waals surface area contributed by atoms with E-state index in [0.717, 1.165) is 0 Å². The zero-order valence-corrected chi connectivity index (χ0v) is 8.50. The smallest absolute Gasteiger partial charge is 0.233 e. The molecule has 0 aromatic heterocycles. The van der Waals surface area contributed by atoms with Crippen LogP contribution >= 0.6 is 23.2 Å². The van der Waals surface area contributed by atoms with Crippen molar-refractivity contribution in [3.05, 3.63) is 43.9 Å². The van der Waals surface area contributed by atoms with Crippen LogP contribution in [0.3, 0.4) is 0 Å². The highest BCUT2D eigenvalue weighted by molar-refractivity contribution is 6.35. The number of benzene rings is 1. The normalized spacial score (nSPS) is 12.5. The third-order valence-corrected chi connectivity index (χ3v) is 2.21. The van der Waals surface area contributed by atoms with E-state index in [2.05, 4.69) is 0 Å². The van der Waals surface area contributed by atoms with E-state index in [0.29, 0.717) is 10.6 Å². The zero-order chi connectivity index (χ0) is 10.7. The minimum atomic E-state index is -1.20. The van der Waals surface area contributed by atoms with E-state index in [4.69, 9.17) is 23.2 Å². The van der Waals surface area contributed by atoms with Crippen molar-refractivity contribution < 1.29 is 10.0 Å². The summed E-state index contributed by atoms with van der Waals surface area (Å²) in [5, 5.41) is 20.2. The second-order valence-corrected chi connectivity index (χ2v) is 3.54. The van der Waals surface area contributed by atoms with E-state index in [-0.39, 0.29) is 5.02 Å². The molecule has 0 amide bonds. The van der Waals surface area contributed by atoms with Gasteiger partial charge >= 0.3 is 0 Å². The van der Waals surface area contributed by atoms with Crippen LogP contribution in [0.25, 0.3) is 0 Å². The summed E-state index contributed by atoms with van der Waals surface area (Å²) < 4.78 is 0. The first-order valence-electron chi connectivity index (χ1n) is 3.75. The van der Waals surface area contributed by atoms with Gasteiger partial charge in [0, 0.05) is 20.5 Å². The minimum Gasteiger partial charge on any atom is -0.381 e. The molecule has 1 N–H and O–H groups in total. The van der Waals surface area contributed by atoms with Crippen LogP contribution in [-0.2, 0) is 0 Å².